The van der Waals surface area contributed by atoms with Gasteiger partial charge in [-0.1, -0.05) is 40.9 Å². The summed E-state index contributed by atoms with van der Waals surface area (Å²) in [6.45, 7) is 6.11. The molecule has 5 nitrogen and oxygen atoms in total. The number of anilines is 1. The van der Waals surface area contributed by atoms with Gasteiger partial charge in [-0.05, 0) is 50.5 Å². The van der Waals surface area contributed by atoms with Crippen LogP contribution in [0.2, 0.25) is 5.02 Å². The lowest BCUT2D eigenvalue weighted by atomic mass is 9.96. The molecule has 3 N–H and O–H groups in total. The molecule has 0 radical (unpaired) electrons. The number of fused-ring (bicyclic) bond motifs is 1. The molecule has 2 aromatic heterocycles. The van der Waals surface area contributed by atoms with Gasteiger partial charge in [0, 0.05) is 42.1 Å². The Bertz CT molecular complexity index is 1230. The molecule has 31 heavy (non-hydrogen) atoms. The Labute approximate surface area is 187 Å². The molecule has 1 saturated heterocycles. The number of aryl methyl sites for hydroxylation is 2. The molecule has 0 unspecified atom stereocenters. The second kappa shape index (κ2) is 7.98. The monoisotopic (exact) mass is 431 g/mol. The van der Waals surface area contributed by atoms with Crippen LogP contribution >= 0.6 is 11.6 Å². The molecule has 1 aliphatic rings. The number of nitrogens with two attached hydrogens (primary N) is 1. The summed E-state index contributed by atoms with van der Waals surface area (Å²) in [5, 5.41) is 0.690. The molecule has 2 aromatic carbocycles. The number of imidazole rings is 1. The number of piperidine rings is 1. The van der Waals surface area contributed by atoms with Gasteiger partial charge in [-0.15, -0.1) is 0 Å². The lowest BCUT2D eigenvalue weighted by Crippen LogP contribution is -2.40. The molecule has 0 atom stereocenters. The van der Waals surface area contributed by atoms with Crippen LogP contribution in [0.15, 0.2) is 48.8 Å². The minimum atomic E-state index is 0.263. The first kappa shape index (κ1) is 20.0. The van der Waals surface area contributed by atoms with E-state index >= 15 is 0 Å². The van der Waals surface area contributed by atoms with Crippen molar-refractivity contribution in [1.29, 1.82) is 0 Å². The third-order valence-corrected chi connectivity index (χ3v) is 6.24. The van der Waals surface area contributed by atoms with Crippen molar-refractivity contribution in [2.24, 2.45) is 5.73 Å². The van der Waals surface area contributed by atoms with Gasteiger partial charge in [0.05, 0.1) is 22.3 Å². The molecular weight excluding hydrogens is 406 g/mol. The SMILES string of the molecule is Cc1cc(C)cc(-c2cncc(-c3nc4ccc(Cl)cc4[nH]3)c2N2CCC(N)CC2)c1. The van der Waals surface area contributed by atoms with Gasteiger partial charge in [-0.2, -0.15) is 0 Å². The normalized spacial score (nSPS) is 15.0. The molecule has 6 heteroatoms. The number of H-pyrrole nitrogens is 1. The summed E-state index contributed by atoms with van der Waals surface area (Å²) in [4.78, 5) is 15.4. The van der Waals surface area contributed by atoms with E-state index in [-0.39, 0.29) is 6.04 Å². The van der Waals surface area contributed by atoms with Crippen LogP contribution in [0.5, 0.6) is 0 Å². The van der Waals surface area contributed by atoms with Crippen LogP contribution < -0.4 is 10.6 Å². The van der Waals surface area contributed by atoms with Crippen molar-refractivity contribution < 1.29 is 0 Å². The van der Waals surface area contributed by atoms with E-state index in [9.17, 15) is 0 Å². The second-order valence-corrected chi connectivity index (χ2v) is 8.97. The van der Waals surface area contributed by atoms with Crippen molar-refractivity contribution >= 4 is 28.3 Å². The van der Waals surface area contributed by atoms with Gasteiger partial charge in [0.2, 0.25) is 0 Å². The lowest BCUT2D eigenvalue weighted by molar-refractivity contribution is 0.501. The van der Waals surface area contributed by atoms with E-state index in [1.54, 1.807) is 0 Å². The summed E-state index contributed by atoms with van der Waals surface area (Å²) in [5.41, 5.74) is 15.0. The lowest BCUT2D eigenvalue weighted by Gasteiger charge is -2.34. The largest absolute Gasteiger partial charge is 0.370 e. The first-order valence-corrected chi connectivity index (χ1v) is 11.1. The number of hydrogen-bond donors (Lipinski definition) is 2. The van der Waals surface area contributed by atoms with Crippen LogP contribution in [0.1, 0.15) is 24.0 Å². The number of nitrogens with one attached hydrogen (secondary N) is 1. The van der Waals surface area contributed by atoms with E-state index < -0.39 is 0 Å². The minimum Gasteiger partial charge on any atom is -0.370 e. The van der Waals surface area contributed by atoms with Crippen molar-refractivity contribution in [1.82, 2.24) is 15.0 Å². The van der Waals surface area contributed by atoms with Crippen LogP contribution in [0.25, 0.3) is 33.5 Å². The van der Waals surface area contributed by atoms with Crippen LogP contribution in [-0.2, 0) is 0 Å². The van der Waals surface area contributed by atoms with E-state index in [1.807, 2.05) is 30.6 Å². The molecule has 5 rings (SSSR count). The van der Waals surface area contributed by atoms with Crippen molar-refractivity contribution in [3.05, 3.63) is 64.9 Å². The summed E-state index contributed by atoms with van der Waals surface area (Å²) in [6.07, 6.45) is 5.84. The van der Waals surface area contributed by atoms with Crippen molar-refractivity contribution in [2.45, 2.75) is 32.7 Å². The smallest absolute Gasteiger partial charge is 0.142 e. The predicted molar refractivity (Wildman–Crippen MR) is 129 cm³/mol. The molecule has 0 spiro atoms. The van der Waals surface area contributed by atoms with Crippen LogP contribution in [0, 0.1) is 13.8 Å². The van der Waals surface area contributed by atoms with Gasteiger partial charge < -0.3 is 15.6 Å². The first-order valence-electron chi connectivity index (χ1n) is 10.7. The van der Waals surface area contributed by atoms with Crippen molar-refractivity contribution in [2.75, 3.05) is 18.0 Å². The number of pyridine rings is 1. The van der Waals surface area contributed by atoms with Crippen molar-refractivity contribution in [3.63, 3.8) is 0 Å². The number of aromatic amines is 1. The Morgan fingerprint density at radius 2 is 1.71 bits per heavy atom. The maximum Gasteiger partial charge on any atom is 0.142 e. The van der Waals surface area contributed by atoms with Gasteiger partial charge in [0.15, 0.2) is 0 Å². The van der Waals surface area contributed by atoms with E-state index in [1.165, 1.54) is 16.7 Å². The van der Waals surface area contributed by atoms with E-state index in [0.29, 0.717) is 5.02 Å². The summed E-state index contributed by atoms with van der Waals surface area (Å²) >= 11 is 6.20. The molecule has 0 aliphatic carbocycles. The zero-order chi connectivity index (χ0) is 21.5. The fraction of sp³-hybridized carbons (Fsp3) is 0.280. The summed E-state index contributed by atoms with van der Waals surface area (Å²) < 4.78 is 0. The maximum absolute atomic E-state index is 6.21. The van der Waals surface area contributed by atoms with Gasteiger partial charge in [0.25, 0.3) is 0 Å². The third kappa shape index (κ3) is 3.91. The Morgan fingerprint density at radius 3 is 2.45 bits per heavy atom. The Hall–Kier alpha value is -2.89. The van der Waals surface area contributed by atoms with Gasteiger partial charge >= 0.3 is 0 Å². The Balaban J connectivity index is 1.71. The van der Waals surface area contributed by atoms with Crippen LogP contribution in [0.4, 0.5) is 5.69 Å². The van der Waals surface area contributed by atoms with E-state index in [4.69, 9.17) is 22.3 Å². The molecule has 1 aliphatic heterocycles. The van der Waals surface area contributed by atoms with Gasteiger partial charge in [0.1, 0.15) is 5.82 Å². The highest BCUT2D eigenvalue weighted by atomic mass is 35.5. The zero-order valence-corrected chi connectivity index (χ0v) is 18.6. The molecule has 1 fully saturated rings. The second-order valence-electron chi connectivity index (χ2n) is 8.53. The first-order chi connectivity index (χ1) is 15.0. The highest BCUT2D eigenvalue weighted by molar-refractivity contribution is 6.31. The Kier molecular flexibility index (Phi) is 5.16. The number of benzene rings is 2. The molecule has 0 saturated carbocycles. The average Bonchev–Trinajstić information content (AvgIpc) is 3.16. The molecule has 0 bridgehead atoms. The quantitative estimate of drug-likeness (QED) is 0.450. The molecule has 3 heterocycles. The summed E-state index contributed by atoms with van der Waals surface area (Å²) in [7, 11) is 0. The fourth-order valence-electron chi connectivity index (χ4n) is 4.54. The highest BCUT2D eigenvalue weighted by Crippen LogP contribution is 2.40. The fourth-order valence-corrected chi connectivity index (χ4v) is 4.71. The third-order valence-electron chi connectivity index (χ3n) is 6.01. The predicted octanol–water partition coefficient (Wildman–Crippen LogP) is 5.49. The summed E-state index contributed by atoms with van der Waals surface area (Å²) in [5.74, 6) is 0.806. The molecular formula is C25H26ClN5. The number of rotatable bonds is 3. The Morgan fingerprint density at radius 1 is 1.00 bits per heavy atom. The maximum atomic E-state index is 6.21. The van der Waals surface area contributed by atoms with E-state index in [2.05, 4.69) is 46.9 Å². The topological polar surface area (TPSA) is 70.8 Å². The molecule has 0 amide bonds. The van der Waals surface area contributed by atoms with Gasteiger partial charge in [-0.25, -0.2) is 4.98 Å². The van der Waals surface area contributed by atoms with E-state index in [0.717, 1.165) is 59.6 Å². The zero-order valence-electron chi connectivity index (χ0n) is 17.8. The summed E-state index contributed by atoms with van der Waals surface area (Å²) in [6, 6.07) is 12.6. The number of halogens is 1. The highest BCUT2D eigenvalue weighted by Gasteiger charge is 2.24. The number of hydrogen-bond acceptors (Lipinski definition) is 4. The standard InChI is InChI=1S/C25H26ClN5/c1-15-9-16(2)11-17(10-15)20-13-28-14-21(24(20)31-7-5-19(27)6-8-31)25-29-22-4-3-18(26)12-23(22)30-25/h3-4,9-14,19H,5-8,27H2,1-2H3,(H,29,30). The minimum absolute atomic E-state index is 0.263. The van der Waals surface area contributed by atoms with Crippen molar-refractivity contribution in [3.8, 4) is 22.5 Å². The molecule has 158 valence electrons. The van der Waals surface area contributed by atoms with Crippen LogP contribution in [0.3, 0.4) is 0 Å². The number of aromatic nitrogens is 3. The number of nitrogens with zero attached hydrogens (tertiary/aromatic N) is 3. The van der Waals surface area contributed by atoms with Gasteiger partial charge in [-0.3, -0.25) is 4.98 Å². The van der Waals surface area contributed by atoms with Crippen LogP contribution in [-0.4, -0.2) is 34.1 Å². The molecule has 4 aromatic rings. The average molecular weight is 432 g/mol.